The van der Waals surface area contributed by atoms with Crippen LogP contribution in [0.5, 0.6) is 0 Å². The van der Waals surface area contributed by atoms with Crippen molar-refractivity contribution >= 4 is 29.0 Å². The van der Waals surface area contributed by atoms with Gasteiger partial charge in [0.05, 0.1) is 6.61 Å². The van der Waals surface area contributed by atoms with Crippen LogP contribution < -0.4 is 0 Å². The SMILES string of the molecule is O=COCCc1cnc2c(Cl)nccc2c1. The first-order valence-electron chi connectivity index (χ1n) is 4.75. The van der Waals surface area contributed by atoms with Gasteiger partial charge in [-0.3, -0.25) is 9.78 Å². The number of halogens is 1. The molecule has 0 aromatic carbocycles. The van der Waals surface area contributed by atoms with E-state index in [-0.39, 0.29) is 0 Å². The zero-order chi connectivity index (χ0) is 11.4. The minimum Gasteiger partial charge on any atom is -0.468 e. The van der Waals surface area contributed by atoms with Crippen molar-refractivity contribution in [3.63, 3.8) is 0 Å². The van der Waals surface area contributed by atoms with E-state index in [1.54, 1.807) is 12.4 Å². The molecule has 0 spiro atoms. The van der Waals surface area contributed by atoms with Gasteiger partial charge in [0, 0.05) is 24.2 Å². The molecule has 0 unspecified atom stereocenters. The zero-order valence-corrected chi connectivity index (χ0v) is 9.15. The van der Waals surface area contributed by atoms with E-state index in [4.69, 9.17) is 11.6 Å². The summed E-state index contributed by atoms with van der Waals surface area (Å²) in [5.74, 6) is 0. The number of carbonyl (C=O) groups is 1. The van der Waals surface area contributed by atoms with E-state index in [2.05, 4.69) is 14.7 Å². The highest BCUT2D eigenvalue weighted by atomic mass is 35.5. The van der Waals surface area contributed by atoms with Crippen molar-refractivity contribution in [1.82, 2.24) is 9.97 Å². The van der Waals surface area contributed by atoms with Crippen LogP contribution in [0.15, 0.2) is 24.5 Å². The average Bonchev–Trinajstić information content (AvgIpc) is 2.30. The van der Waals surface area contributed by atoms with Gasteiger partial charge in [0.1, 0.15) is 5.52 Å². The van der Waals surface area contributed by atoms with Gasteiger partial charge in [-0.15, -0.1) is 0 Å². The number of carbonyl (C=O) groups excluding carboxylic acids is 1. The molecule has 2 heterocycles. The van der Waals surface area contributed by atoms with Crippen LogP contribution in [0.1, 0.15) is 5.56 Å². The van der Waals surface area contributed by atoms with Crippen LogP contribution in [-0.2, 0) is 16.0 Å². The molecule has 0 N–H and O–H groups in total. The Kier molecular flexibility index (Phi) is 3.31. The number of aromatic nitrogens is 2. The van der Waals surface area contributed by atoms with Crippen molar-refractivity contribution in [1.29, 1.82) is 0 Å². The van der Waals surface area contributed by atoms with Gasteiger partial charge in [-0.1, -0.05) is 11.6 Å². The Bertz CT molecular complexity index is 516. The number of pyridine rings is 2. The number of fused-ring (bicyclic) bond motifs is 1. The Morgan fingerprint density at radius 1 is 1.44 bits per heavy atom. The van der Waals surface area contributed by atoms with Crippen LogP contribution in [0.3, 0.4) is 0 Å². The van der Waals surface area contributed by atoms with Crippen LogP contribution >= 0.6 is 11.6 Å². The molecule has 0 aliphatic rings. The van der Waals surface area contributed by atoms with Crippen molar-refractivity contribution in [2.75, 3.05) is 6.61 Å². The topological polar surface area (TPSA) is 52.1 Å². The van der Waals surface area contributed by atoms with E-state index >= 15 is 0 Å². The molecule has 0 bridgehead atoms. The standard InChI is InChI=1S/C11H9ClN2O2/c12-11-10-9(1-3-13-11)5-8(6-14-10)2-4-16-7-15/h1,3,5-7H,2,4H2. The van der Waals surface area contributed by atoms with Crippen LogP contribution in [0.4, 0.5) is 0 Å². The van der Waals surface area contributed by atoms with Gasteiger partial charge < -0.3 is 4.74 Å². The lowest BCUT2D eigenvalue weighted by Gasteiger charge is -2.03. The molecule has 0 saturated heterocycles. The Labute approximate surface area is 97.2 Å². The largest absolute Gasteiger partial charge is 0.468 e. The molecule has 16 heavy (non-hydrogen) atoms. The minimum atomic E-state index is 0.357. The lowest BCUT2D eigenvalue weighted by atomic mass is 10.1. The van der Waals surface area contributed by atoms with Gasteiger partial charge in [0.2, 0.25) is 0 Å². The van der Waals surface area contributed by atoms with E-state index in [0.717, 1.165) is 10.9 Å². The molecule has 0 amide bonds. The van der Waals surface area contributed by atoms with E-state index in [1.165, 1.54) is 0 Å². The van der Waals surface area contributed by atoms with Crippen LogP contribution in [0, 0.1) is 0 Å². The summed E-state index contributed by atoms with van der Waals surface area (Å²) in [6, 6.07) is 3.81. The van der Waals surface area contributed by atoms with Crippen molar-refractivity contribution in [3.8, 4) is 0 Å². The lowest BCUT2D eigenvalue weighted by molar-refractivity contribution is -0.128. The first-order valence-corrected chi connectivity index (χ1v) is 5.13. The summed E-state index contributed by atoms with van der Waals surface area (Å²) in [7, 11) is 0. The summed E-state index contributed by atoms with van der Waals surface area (Å²) in [5.41, 5.74) is 1.68. The second kappa shape index (κ2) is 4.90. The predicted octanol–water partition coefficient (Wildman–Crippen LogP) is 2.00. The molecule has 0 fully saturated rings. The fraction of sp³-hybridized carbons (Fsp3) is 0.182. The Hall–Kier alpha value is -1.68. The van der Waals surface area contributed by atoms with Gasteiger partial charge in [-0.05, 0) is 17.7 Å². The van der Waals surface area contributed by atoms with Gasteiger partial charge in [0.25, 0.3) is 6.47 Å². The molecule has 0 radical (unpaired) electrons. The molecule has 0 aliphatic heterocycles. The molecule has 5 heteroatoms. The van der Waals surface area contributed by atoms with Crippen LogP contribution in [-0.4, -0.2) is 23.0 Å². The molecule has 0 aliphatic carbocycles. The maximum absolute atomic E-state index is 9.99. The van der Waals surface area contributed by atoms with E-state index in [9.17, 15) is 4.79 Å². The van der Waals surface area contributed by atoms with Crippen molar-refractivity contribution < 1.29 is 9.53 Å². The molecular weight excluding hydrogens is 228 g/mol. The molecule has 82 valence electrons. The maximum Gasteiger partial charge on any atom is 0.293 e. The van der Waals surface area contributed by atoms with Crippen molar-refractivity contribution in [2.24, 2.45) is 0 Å². The zero-order valence-electron chi connectivity index (χ0n) is 8.39. The Balaban J connectivity index is 2.26. The Morgan fingerprint density at radius 3 is 3.12 bits per heavy atom. The lowest BCUT2D eigenvalue weighted by Crippen LogP contribution is -1.97. The highest BCUT2D eigenvalue weighted by Gasteiger charge is 2.02. The predicted molar refractivity (Wildman–Crippen MR) is 60.3 cm³/mol. The minimum absolute atomic E-state index is 0.357. The summed E-state index contributed by atoms with van der Waals surface area (Å²) in [6.45, 7) is 0.796. The summed E-state index contributed by atoms with van der Waals surface area (Å²) >= 11 is 5.89. The average molecular weight is 237 g/mol. The highest BCUT2D eigenvalue weighted by molar-refractivity contribution is 6.33. The van der Waals surface area contributed by atoms with Crippen LogP contribution in [0.25, 0.3) is 10.9 Å². The van der Waals surface area contributed by atoms with E-state index in [1.807, 2.05) is 12.1 Å². The molecule has 0 atom stereocenters. The summed E-state index contributed by atoms with van der Waals surface area (Å²) in [5, 5.41) is 1.33. The Morgan fingerprint density at radius 2 is 2.31 bits per heavy atom. The molecular formula is C11H9ClN2O2. The van der Waals surface area contributed by atoms with Gasteiger partial charge >= 0.3 is 0 Å². The third kappa shape index (κ3) is 2.28. The second-order valence-corrected chi connectivity index (χ2v) is 3.59. The fourth-order valence-corrected chi connectivity index (χ4v) is 1.65. The third-order valence-electron chi connectivity index (χ3n) is 2.19. The molecule has 2 aromatic rings. The van der Waals surface area contributed by atoms with E-state index in [0.29, 0.717) is 30.2 Å². The highest BCUT2D eigenvalue weighted by Crippen LogP contribution is 2.19. The number of hydrogen-bond donors (Lipinski definition) is 0. The normalized spacial score (nSPS) is 10.3. The van der Waals surface area contributed by atoms with Gasteiger partial charge in [0.15, 0.2) is 5.15 Å². The molecule has 2 rings (SSSR count). The number of ether oxygens (including phenoxy) is 1. The number of nitrogens with zero attached hydrogens (tertiary/aromatic N) is 2. The van der Waals surface area contributed by atoms with E-state index < -0.39 is 0 Å². The summed E-state index contributed by atoms with van der Waals surface area (Å²) in [6.07, 6.45) is 3.99. The number of rotatable bonds is 4. The fourth-order valence-electron chi connectivity index (χ4n) is 1.43. The quantitative estimate of drug-likeness (QED) is 0.463. The van der Waals surface area contributed by atoms with Gasteiger partial charge in [-0.2, -0.15) is 0 Å². The first-order chi connectivity index (χ1) is 7.81. The second-order valence-electron chi connectivity index (χ2n) is 3.23. The number of hydrogen-bond acceptors (Lipinski definition) is 4. The van der Waals surface area contributed by atoms with Crippen molar-refractivity contribution in [3.05, 3.63) is 35.2 Å². The summed E-state index contributed by atoms with van der Waals surface area (Å²) < 4.78 is 4.63. The van der Waals surface area contributed by atoms with Crippen molar-refractivity contribution in [2.45, 2.75) is 6.42 Å². The summed E-state index contributed by atoms with van der Waals surface area (Å²) in [4.78, 5) is 18.2. The molecule has 4 nitrogen and oxygen atoms in total. The molecule has 2 aromatic heterocycles. The monoisotopic (exact) mass is 236 g/mol. The van der Waals surface area contributed by atoms with Gasteiger partial charge in [-0.25, -0.2) is 4.98 Å². The molecule has 0 saturated carbocycles. The van der Waals surface area contributed by atoms with Crippen LogP contribution in [0.2, 0.25) is 5.15 Å². The first kappa shape index (κ1) is 10.8. The third-order valence-corrected chi connectivity index (χ3v) is 2.46. The smallest absolute Gasteiger partial charge is 0.293 e. The maximum atomic E-state index is 9.99.